The molecule has 14 heteroatoms. The smallest absolute Gasteiger partial charge is 0.347 e. The van der Waals surface area contributed by atoms with Crippen molar-refractivity contribution in [2.24, 2.45) is 0 Å². The standard InChI is InChI=1S/C20H30N8O4S2/c1-13-17(18(29)30)33-20(21-13)24-19-22-15(12-16(23-19)28-10-8-26(2)9-11-28)27-6-4-14(5-7-27)25-34(3,31)32/h12,14,25H,4-11H2,1-3H3,(H,29,30)(H,21,22,23,24). The maximum Gasteiger partial charge on any atom is 0.347 e. The topological polar surface area (TPSA) is 144 Å². The van der Waals surface area contributed by atoms with E-state index in [2.05, 4.69) is 36.8 Å². The number of aryl methyl sites for hydroxylation is 1. The Kier molecular flexibility index (Phi) is 7.21. The normalized spacial score (nSPS) is 18.3. The molecule has 12 nitrogen and oxygen atoms in total. The largest absolute Gasteiger partial charge is 0.477 e. The molecule has 0 unspecified atom stereocenters. The molecule has 2 saturated heterocycles. The monoisotopic (exact) mass is 510 g/mol. The van der Waals surface area contributed by atoms with Crippen LogP contribution in [0.2, 0.25) is 0 Å². The van der Waals surface area contributed by atoms with Gasteiger partial charge in [0.1, 0.15) is 16.5 Å². The van der Waals surface area contributed by atoms with Gasteiger partial charge in [-0.2, -0.15) is 9.97 Å². The number of carboxylic acids is 1. The molecule has 2 aliphatic rings. The van der Waals surface area contributed by atoms with Gasteiger partial charge in [0, 0.05) is 51.4 Å². The van der Waals surface area contributed by atoms with E-state index in [0.29, 0.717) is 42.7 Å². The van der Waals surface area contributed by atoms with Crippen molar-refractivity contribution in [1.29, 1.82) is 0 Å². The van der Waals surface area contributed by atoms with Gasteiger partial charge in [0.15, 0.2) is 5.13 Å². The Balaban J connectivity index is 1.57. The van der Waals surface area contributed by atoms with Crippen LogP contribution in [-0.2, 0) is 10.0 Å². The lowest BCUT2D eigenvalue weighted by atomic mass is 10.1. The van der Waals surface area contributed by atoms with Crippen LogP contribution in [0, 0.1) is 6.92 Å². The number of aromatic carboxylic acids is 1. The van der Waals surface area contributed by atoms with Crippen LogP contribution in [0.3, 0.4) is 0 Å². The molecule has 0 amide bonds. The Morgan fingerprint density at radius 1 is 1.06 bits per heavy atom. The summed E-state index contributed by atoms with van der Waals surface area (Å²) in [6, 6.07) is 1.88. The molecule has 34 heavy (non-hydrogen) atoms. The van der Waals surface area contributed by atoms with E-state index in [1.165, 1.54) is 6.26 Å². The Morgan fingerprint density at radius 2 is 1.65 bits per heavy atom. The third-order valence-corrected chi connectivity index (χ3v) is 7.76. The Bertz CT molecular complexity index is 1140. The first-order chi connectivity index (χ1) is 16.1. The summed E-state index contributed by atoms with van der Waals surface area (Å²) in [5, 5.41) is 12.9. The Labute approximate surface area is 203 Å². The number of carboxylic acid groups (broad SMARTS) is 1. The molecule has 0 spiro atoms. The number of nitrogens with one attached hydrogen (secondary N) is 2. The van der Waals surface area contributed by atoms with Gasteiger partial charge >= 0.3 is 5.97 Å². The molecular formula is C20H30N8O4S2. The van der Waals surface area contributed by atoms with E-state index >= 15 is 0 Å². The van der Waals surface area contributed by atoms with Gasteiger partial charge in [0.2, 0.25) is 16.0 Å². The maximum absolute atomic E-state index is 11.6. The zero-order chi connectivity index (χ0) is 24.5. The predicted octanol–water partition coefficient (Wildman–Crippen LogP) is 0.953. The van der Waals surface area contributed by atoms with E-state index in [1.807, 2.05) is 6.07 Å². The van der Waals surface area contributed by atoms with Crippen LogP contribution in [0.25, 0.3) is 0 Å². The number of piperazine rings is 1. The summed E-state index contributed by atoms with van der Waals surface area (Å²) in [6.07, 6.45) is 2.54. The highest BCUT2D eigenvalue weighted by Crippen LogP contribution is 2.29. The third-order valence-electron chi connectivity index (χ3n) is 5.94. The average Bonchev–Trinajstić information content (AvgIpc) is 3.13. The van der Waals surface area contributed by atoms with Crippen molar-refractivity contribution in [3.05, 3.63) is 16.6 Å². The number of hydrogen-bond donors (Lipinski definition) is 3. The first-order valence-electron chi connectivity index (χ1n) is 11.1. The molecule has 2 aromatic rings. The van der Waals surface area contributed by atoms with Crippen LogP contribution >= 0.6 is 11.3 Å². The minimum Gasteiger partial charge on any atom is -0.477 e. The van der Waals surface area contributed by atoms with Crippen molar-refractivity contribution in [3.8, 4) is 0 Å². The Hall–Kier alpha value is -2.55. The SMILES string of the molecule is Cc1nc(Nc2nc(N3CCC(NS(C)(=O)=O)CC3)cc(N3CCN(C)CC3)n2)sc1C(=O)O. The van der Waals surface area contributed by atoms with Crippen LogP contribution in [0.1, 0.15) is 28.2 Å². The molecule has 2 fully saturated rings. The third kappa shape index (κ3) is 6.11. The number of rotatable bonds is 7. The number of thiazole rings is 1. The zero-order valence-corrected chi connectivity index (χ0v) is 21.1. The van der Waals surface area contributed by atoms with Gasteiger partial charge in [-0.3, -0.25) is 5.32 Å². The van der Waals surface area contributed by atoms with Crippen LogP contribution in [0.15, 0.2) is 6.07 Å². The minimum atomic E-state index is -3.24. The van der Waals surface area contributed by atoms with Crippen LogP contribution in [-0.4, -0.2) is 98.0 Å². The van der Waals surface area contributed by atoms with Gasteiger partial charge in [0.05, 0.1) is 11.9 Å². The van der Waals surface area contributed by atoms with Crippen molar-refractivity contribution in [3.63, 3.8) is 0 Å². The van der Waals surface area contributed by atoms with Gasteiger partial charge in [-0.25, -0.2) is 22.9 Å². The maximum atomic E-state index is 11.6. The zero-order valence-electron chi connectivity index (χ0n) is 19.5. The molecule has 3 N–H and O–H groups in total. The van der Waals surface area contributed by atoms with Crippen LogP contribution in [0.5, 0.6) is 0 Å². The lowest BCUT2D eigenvalue weighted by Gasteiger charge is -2.35. The van der Waals surface area contributed by atoms with Gasteiger partial charge in [0.25, 0.3) is 0 Å². The number of sulfonamides is 1. The number of anilines is 4. The highest BCUT2D eigenvalue weighted by molar-refractivity contribution is 7.88. The summed E-state index contributed by atoms with van der Waals surface area (Å²) in [4.78, 5) is 31.9. The van der Waals surface area contributed by atoms with E-state index in [1.54, 1.807) is 6.92 Å². The molecular weight excluding hydrogens is 480 g/mol. The highest BCUT2D eigenvalue weighted by atomic mass is 32.2. The molecule has 0 atom stereocenters. The van der Waals surface area contributed by atoms with Gasteiger partial charge in [-0.05, 0) is 26.8 Å². The lowest BCUT2D eigenvalue weighted by molar-refractivity contribution is 0.0701. The summed E-state index contributed by atoms with van der Waals surface area (Å²) in [6.45, 7) is 6.51. The summed E-state index contributed by atoms with van der Waals surface area (Å²) in [7, 11) is -1.15. The van der Waals surface area contributed by atoms with Gasteiger partial charge in [-0.15, -0.1) is 0 Å². The van der Waals surface area contributed by atoms with Crippen molar-refractivity contribution in [2.75, 3.05) is 67.7 Å². The van der Waals surface area contributed by atoms with E-state index < -0.39 is 16.0 Å². The second kappa shape index (κ2) is 9.98. The molecule has 2 aliphatic heterocycles. The summed E-state index contributed by atoms with van der Waals surface area (Å²) in [5.41, 5.74) is 0.441. The van der Waals surface area contributed by atoms with Crippen LogP contribution in [0.4, 0.5) is 22.7 Å². The molecule has 0 aliphatic carbocycles. The number of likely N-dealkylation sites (N-methyl/N-ethyl adjacent to an activating group) is 1. The van der Waals surface area contributed by atoms with Gasteiger partial charge < -0.3 is 19.8 Å². The second-order valence-corrected chi connectivity index (χ2v) is 11.5. The lowest BCUT2D eigenvalue weighted by Crippen LogP contribution is -2.45. The van der Waals surface area contributed by atoms with E-state index in [-0.39, 0.29) is 10.9 Å². The average molecular weight is 511 g/mol. The second-order valence-electron chi connectivity index (χ2n) is 8.71. The molecule has 0 aromatic carbocycles. The molecule has 0 radical (unpaired) electrons. The minimum absolute atomic E-state index is 0.0875. The Morgan fingerprint density at radius 3 is 2.18 bits per heavy atom. The number of nitrogens with zero attached hydrogens (tertiary/aromatic N) is 6. The number of carbonyl (C=O) groups is 1. The number of aromatic nitrogens is 3. The fourth-order valence-corrected chi connectivity index (χ4v) is 5.75. The summed E-state index contributed by atoms with van der Waals surface area (Å²) in [5.74, 6) is 0.884. The fraction of sp³-hybridized carbons (Fsp3) is 0.600. The van der Waals surface area contributed by atoms with E-state index in [4.69, 9.17) is 9.97 Å². The summed E-state index contributed by atoms with van der Waals surface area (Å²) >= 11 is 1.05. The molecule has 0 bridgehead atoms. The van der Waals surface area contributed by atoms with E-state index in [9.17, 15) is 18.3 Å². The van der Waals surface area contributed by atoms with Crippen molar-refractivity contribution in [2.45, 2.75) is 25.8 Å². The predicted molar refractivity (Wildman–Crippen MR) is 132 cm³/mol. The van der Waals surface area contributed by atoms with Crippen LogP contribution < -0.4 is 19.8 Å². The number of piperidine rings is 1. The summed E-state index contributed by atoms with van der Waals surface area (Å²) < 4.78 is 25.8. The molecule has 4 heterocycles. The molecule has 186 valence electrons. The van der Waals surface area contributed by atoms with Crippen molar-refractivity contribution >= 4 is 50.0 Å². The van der Waals surface area contributed by atoms with E-state index in [0.717, 1.165) is 49.2 Å². The highest BCUT2D eigenvalue weighted by Gasteiger charge is 2.25. The molecule has 2 aromatic heterocycles. The van der Waals surface area contributed by atoms with Crippen molar-refractivity contribution < 1.29 is 18.3 Å². The quantitative estimate of drug-likeness (QED) is 0.490. The molecule has 4 rings (SSSR count). The first-order valence-corrected chi connectivity index (χ1v) is 13.8. The van der Waals surface area contributed by atoms with Gasteiger partial charge in [-0.1, -0.05) is 11.3 Å². The first kappa shape index (κ1) is 24.6. The van der Waals surface area contributed by atoms with Crippen molar-refractivity contribution in [1.82, 2.24) is 24.6 Å². The molecule has 0 saturated carbocycles. The number of hydrogen-bond acceptors (Lipinski definition) is 11. The fourth-order valence-electron chi connectivity index (χ4n) is 4.11.